The predicted molar refractivity (Wildman–Crippen MR) is 112 cm³/mol. The number of ether oxygens (including phenoxy) is 1. The van der Waals surface area contributed by atoms with Gasteiger partial charge in [0, 0.05) is 17.8 Å². The summed E-state index contributed by atoms with van der Waals surface area (Å²) >= 11 is 5.80. The predicted octanol–water partition coefficient (Wildman–Crippen LogP) is 3.85. The number of nitrogens with zero attached hydrogens (tertiary/aromatic N) is 1. The average molecular weight is 438 g/mol. The molecule has 0 spiro atoms. The molecule has 2 unspecified atom stereocenters. The molecule has 1 heterocycles. The van der Waals surface area contributed by atoms with Crippen molar-refractivity contribution in [3.8, 4) is 5.75 Å². The highest BCUT2D eigenvalue weighted by Gasteiger charge is 2.29. The van der Waals surface area contributed by atoms with Crippen molar-refractivity contribution in [2.45, 2.75) is 43.5 Å². The second kappa shape index (κ2) is 9.11. The molecule has 1 amide bonds. The number of amides is 1. The minimum absolute atomic E-state index is 0.0607. The average Bonchev–Trinajstić information content (AvgIpc) is 2.71. The molecular formula is C20H24ClN3O4S. The van der Waals surface area contributed by atoms with E-state index in [1.165, 1.54) is 31.5 Å². The van der Waals surface area contributed by atoms with E-state index in [1.54, 1.807) is 12.1 Å². The number of nitrogens with one attached hydrogen (secondary N) is 2. The summed E-state index contributed by atoms with van der Waals surface area (Å²) in [5.41, 5.74) is 0.180. The van der Waals surface area contributed by atoms with Gasteiger partial charge in [0.15, 0.2) is 0 Å². The van der Waals surface area contributed by atoms with Crippen LogP contribution in [-0.2, 0) is 10.0 Å². The quantitative estimate of drug-likeness (QED) is 0.715. The lowest BCUT2D eigenvalue weighted by molar-refractivity contribution is 0.102. The molecule has 2 atom stereocenters. The van der Waals surface area contributed by atoms with Gasteiger partial charge in [-0.1, -0.05) is 31.4 Å². The number of pyridine rings is 1. The van der Waals surface area contributed by atoms with E-state index in [-0.39, 0.29) is 28.2 Å². The second-order valence-corrected chi connectivity index (χ2v) is 9.29. The van der Waals surface area contributed by atoms with Gasteiger partial charge in [-0.2, -0.15) is 0 Å². The number of hydrogen-bond acceptors (Lipinski definition) is 5. The minimum atomic E-state index is -3.86. The fourth-order valence-electron chi connectivity index (χ4n) is 3.42. The summed E-state index contributed by atoms with van der Waals surface area (Å²) in [4.78, 5) is 16.5. The number of sulfonamides is 1. The van der Waals surface area contributed by atoms with Gasteiger partial charge < -0.3 is 10.1 Å². The summed E-state index contributed by atoms with van der Waals surface area (Å²) in [6, 6.07) is 7.33. The van der Waals surface area contributed by atoms with Gasteiger partial charge in [-0.05, 0) is 49.1 Å². The third-order valence-electron chi connectivity index (χ3n) is 5.10. The van der Waals surface area contributed by atoms with Gasteiger partial charge in [0.25, 0.3) is 5.91 Å². The molecule has 2 aromatic rings. The van der Waals surface area contributed by atoms with Crippen molar-refractivity contribution in [1.29, 1.82) is 0 Å². The number of hydrogen-bond donors (Lipinski definition) is 2. The van der Waals surface area contributed by atoms with E-state index in [0.717, 1.165) is 25.7 Å². The molecule has 0 saturated heterocycles. The lowest BCUT2D eigenvalue weighted by Crippen LogP contribution is -2.41. The molecule has 1 aromatic carbocycles. The van der Waals surface area contributed by atoms with Crippen molar-refractivity contribution >= 4 is 33.3 Å². The molecule has 29 heavy (non-hydrogen) atoms. The highest BCUT2D eigenvalue weighted by Crippen LogP contribution is 2.29. The van der Waals surface area contributed by atoms with Gasteiger partial charge in [0.1, 0.15) is 16.5 Å². The molecule has 1 saturated carbocycles. The molecule has 1 fully saturated rings. The van der Waals surface area contributed by atoms with Crippen molar-refractivity contribution in [3.05, 3.63) is 47.1 Å². The first-order valence-electron chi connectivity index (χ1n) is 9.43. The Labute approximate surface area is 175 Å². The number of benzene rings is 1. The summed E-state index contributed by atoms with van der Waals surface area (Å²) < 4.78 is 34.1. The largest absolute Gasteiger partial charge is 0.495 e. The first-order valence-corrected chi connectivity index (χ1v) is 11.3. The molecule has 2 N–H and O–H groups in total. The Morgan fingerprint density at radius 2 is 1.97 bits per heavy atom. The van der Waals surface area contributed by atoms with Crippen LogP contribution in [0.2, 0.25) is 5.02 Å². The van der Waals surface area contributed by atoms with Crippen LogP contribution in [0, 0.1) is 5.92 Å². The SMILES string of the molecule is COc1ccc(C(=O)Nc2ccc(Cl)cn2)cc1S(=O)(=O)NC1CCCCC1C. The Morgan fingerprint density at radius 3 is 2.62 bits per heavy atom. The second-order valence-electron chi connectivity index (χ2n) is 7.17. The van der Waals surface area contributed by atoms with Crippen LogP contribution in [0.15, 0.2) is 41.4 Å². The molecule has 0 bridgehead atoms. The standard InChI is InChI=1S/C20H24ClN3O4S/c1-13-5-3-4-6-16(13)24-29(26,27)18-11-14(7-9-17(18)28-2)20(25)23-19-10-8-15(21)12-22-19/h7-13,16,24H,3-6H2,1-2H3,(H,22,23,25). The zero-order valence-corrected chi connectivity index (χ0v) is 17.9. The fraction of sp³-hybridized carbons (Fsp3) is 0.400. The number of carbonyl (C=O) groups excluding carboxylic acids is 1. The number of halogens is 1. The molecule has 1 aliphatic rings. The molecule has 3 rings (SSSR count). The monoisotopic (exact) mass is 437 g/mol. The molecule has 156 valence electrons. The summed E-state index contributed by atoms with van der Waals surface area (Å²) in [7, 11) is -2.46. The normalized spacial score (nSPS) is 19.6. The molecule has 0 aliphatic heterocycles. The summed E-state index contributed by atoms with van der Waals surface area (Å²) in [6.45, 7) is 2.05. The number of anilines is 1. The highest BCUT2D eigenvalue weighted by atomic mass is 35.5. The Morgan fingerprint density at radius 1 is 1.21 bits per heavy atom. The van der Waals surface area contributed by atoms with E-state index < -0.39 is 15.9 Å². The van der Waals surface area contributed by atoms with Gasteiger partial charge in [-0.15, -0.1) is 0 Å². The number of carbonyl (C=O) groups is 1. The van der Waals surface area contributed by atoms with Crippen LogP contribution in [0.5, 0.6) is 5.75 Å². The molecular weight excluding hydrogens is 414 g/mol. The molecule has 0 radical (unpaired) electrons. The zero-order chi connectivity index (χ0) is 21.0. The Hall–Kier alpha value is -2.16. The maximum absolute atomic E-state index is 13.0. The van der Waals surface area contributed by atoms with E-state index in [1.807, 2.05) is 6.92 Å². The first-order chi connectivity index (χ1) is 13.8. The lowest BCUT2D eigenvalue weighted by atomic mass is 9.87. The minimum Gasteiger partial charge on any atom is -0.495 e. The van der Waals surface area contributed by atoms with E-state index in [9.17, 15) is 13.2 Å². The van der Waals surface area contributed by atoms with Crippen molar-refractivity contribution in [2.24, 2.45) is 5.92 Å². The van der Waals surface area contributed by atoms with Gasteiger partial charge >= 0.3 is 0 Å². The smallest absolute Gasteiger partial charge is 0.256 e. The van der Waals surface area contributed by atoms with Crippen LogP contribution in [0.1, 0.15) is 43.0 Å². The summed E-state index contributed by atoms with van der Waals surface area (Å²) in [6.07, 6.45) is 5.30. The zero-order valence-electron chi connectivity index (χ0n) is 16.3. The Kier molecular flexibility index (Phi) is 6.77. The van der Waals surface area contributed by atoms with E-state index in [2.05, 4.69) is 15.0 Å². The van der Waals surface area contributed by atoms with Crippen LogP contribution in [0.3, 0.4) is 0 Å². The summed E-state index contributed by atoms with van der Waals surface area (Å²) in [5.74, 6) is 0.271. The Bertz CT molecular complexity index is 980. The summed E-state index contributed by atoms with van der Waals surface area (Å²) in [5, 5.41) is 3.07. The van der Waals surface area contributed by atoms with Crippen molar-refractivity contribution in [1.82, 2.24) is 9.71 Å². The number of aromatic nitrogens is 1. The number of methoxy groups -OCH3 is 1. The van der Waals surface area contributed by atoms with Gasteiger partial charge in [0.2, 0.25) is 10.0 Å². The third-order valence-corrected chi connectivity index (χ3v) is 6.84. The van der Waals surface area contributed by atoms with E-state index in [4.69, 9.17) is 16.3 Å². The van der Waals surface area contributed by atoms with Gasteiger partial charge in [0.05, 0.1) is 12.1 Å². The molecule has 1 aromatic heterocycles. The van der Waals surface area contributed by atoms with Gasteiger partial charge in [-0.3, -0.25) is 4.79 Å². The van der Waals surface area contributed by atoms with Crippen LogP contribution in [0.25, 0.3) is 0 Å². The Balaban J connectivity index is 1.85. The number of rotatable bonds is 6. The van der Waals surface area contributed by atoms with Crippen molar-refractivity contribution in [2.75, 3.05) is 12.4 Å². The van der Waals surface area contributed by atoms with Crippen molar-refractivity contribution in [3.63, 3.8) is 0 Å². The molecule has 7 nitrogen and oxygen atoms in total. The van der Waals surface area contributed by atoms with Crippen LogP contribution in [-0.4, -0.2) is 32.5 Å². The van der Waals surface area contributed by atoms with Crippen molar-refractivity contribution < 1.29 is 17.9 Å². The van der Waals surface area contributed by atoms with Crippen LogP contribution < -0.4 is 14.8 Å². The molecule has 9 heteroatoms. The third kappa shape index (κ3) is 5.26. The van der Waals surface area contributed by atoms with Gasteiger partial charge in [-0.25, -0.2) is 18.1 Å². The topological polar surface area (TPSA) is 97.4 Å². The van der Waals surface area contributed by atoms with Crippen LogP contribution in [0.4, 0.5) is 5.82 Å². The van der Waals surface area contributed by atoms with E-state index >= 15 is 0 Å². The first kappa shape index (κ1) is 21.5. The lowest BCUT2D eigenvalue weighted by Gasteiger charge is -2.29. The maximum Gasteiger partial charge on any atom is 0.256 e. The maximum atomic E-state index is 13.0. The highest BCUT2D eigenvalue weighted by molar-refractivity contribution is 7.89. The van der Waals surface area contributed by atoms with Crippen LogP contribution >= 0.6 is 11.6 Å². The fourth-order valence-corrected chi connectivity index (χ4v) is 5.11. The molecule has 1 aliphatic carbocycles. The van der Waals surface area contributed by atoms with E-state index in [0.29, 0.717) is 10.8 Å².